The highest BCUT2D eigenvalue weighted by atomic mass is 19.3. The van der Waals surface area contributed by atoms with Gasteiger partial charge in [0.2, 0.25) is 0 Å². The average Bonchev–Trinajstić information content (AvgIpc) is 2.79. The summed E-state index contributed by atoms with van der Waals surface area (Å²) in [5.41, 5.74) is 1.91. The highest BCUT2D eigenvalue weighted by Gasteiger charge is 2.31. The third-order valence-corrected chi connectivity index (χ3v) is 7.69. The van der Waals surface area contributed by atoms with Gasteiger partial charge in [0.1, 0.15) is 0 Å². The van der Waals surface area contributed by atoms with Gasteiger partial charge < -0.3 is 4.74 Å². The summed E-state index contributed by atoms with van der Waals surface area (Å²) >= 11 is 0. The van der Waals surface area contributed by atoms with Crippen LogP contribution in [0.25, 0.3) is 6.08 Å². The first-order valence-electron chi connectivity index (χ1n) is 12.9. The summed E-state index contributed by atoms with van der Waals surface area (Å²) < 4.78 is 31.0. The van der Waals surface area contributed by atoms with Gasteiger partial charge in [0.05, 0.1) is 6.10 Å². The van der Waals surface area contributed by atoms with Crippen LogP contribution in [0.4, 0.5) is 8.78 Å². The highest BCUT2D eigenvalue weighted by Crippen LogP contribution is 2.43. The topological polar surface area (TPSA) is 9.23 Å². The Labute approximate surface area is 188 Å². The van der Waals surface area contributed by atoms with Crippen molar-refractivity contribution >= 4 is 6.08 Å². The van der Waals surface area contributed by atoms with E-state index in [2.05, 4.69) is 6.92 Å². The molecule has 0 saturated heterocycles. The van der Waals surface area contributed by atoms with E-state index in [0.717, 1.165) is 24.5 Å². The summed E-state index contributed by atoms with van der Waals surface area (Å²) in [6.45, 7) is 3.22. The number of rotatable bonds is 11. The zero-order chi connectivity index (χ0) is 21.9. The quantitative estimate of drug-likeness (QED) is 0.317. The Hall–Kier alpha value is -1.22. The summed E-state index contributed by atoms with van der Waals surface area (Å²) in [4.78, 5) is 0. The van der Waals surface area contributed by atoms with Crippen molar-refractivity contribution in [3.05, 3.63) is 41.5 Å². The van der Waals surface area contributed by atoms with Gasteiger partial charge in [0, 0.05) is 12.7 Å². The molecule has 31 heavy (non-hydrogen) atoms. The molecule has 3 heteroatoms. The van der Waals surface area contributed by atoms with Gasteiger partial charge in [-0.25, -0.2) is 0 Å². The smallest absolute Gasteiger partial charge is 0.270 e. The fraction of sp³-hybridized carbons (Fsp3) is 0.714. The fourth-order valence-corrected chi connectivity index (χ4v) is 5.77. The number of hydrogen-bond donors (Lipinski definition) is 0. The molecule has 0 N–H and O–H groups in total. The van der Waals surface area contributed by atoms with Crippen LogP contribution in [0.3, 0.4) is 0 Å². The second kappa shape index (κ2) is 13.4. The highest BCUT2D eigenvalue weighted by molar-refractivity contribution is 5.50. The van der Waals surface area contributed by atoms with Crippen molar-refractivity contribution in [2.75, 3.05) is 6.61 Å². The molecule has 0 aliphatic heterocycles. The molecule has 3 rings (SSSR count). The van der Waals surface area contributed by atoms with E-state index in [1.54, 1.807) is 0 Å². The molecule has 2 saturated carbocycles. The summed E-state index contributed by atoms with van der Waals surface area (Å²) in [6, 6.07) is 7.75. The van der Waals surface area contributed by atoms with E-state index in [1.807, 2.05) is 24.3 Å². The van der Waals surface area contributed by atoms with Crippen molar-refractivity contribution in [2.45, 2.75) is 109 Å². The molecular formula is C28H42F2O. The normalized spacial score (nSPS) is 26.5. The molecule has 1 aromatic rings. The van der Waals surface area contributed by atoms with E-state index in [4.69, 9.17) is 4.74 Å². The molecule has 0 atom stereocenters. The van der Waals surface area contributed by atoms with Crippen LogP contribution in [0.2, 0.25) is 0 Å². The predicted molar refractivity (Wildman–Crippen MR) is 126 cm³/mol. The molecule has 2 fully saturated rings. The minimum absolute atomic E-state index is 0.505. The minimum Gasteiger partial charge on any atom is -0.378 e. The molecule has 0 spiro atoms. The third kappa shape index (κ3) is 8.33. The Balaban J connectivity index is 1.31. The first kappa shape index (κ1) is 24.4. The van der Waals surface area contributed by atoms with Gasteiger partial charge in [-0.05, 0) is 86.7 Å². The summed E-state index contributed by atoms with van der Waals surface area (Å²) in [5.74, 6) is 2.36. The van der Waals surface area contributed by atoms with E-state index in [0.29, 0.717) is 17.6 Å². The monoisotopic (exact) mass is 432 g/mol. The van der Waals surface area contributed by atoms with Crippen LogP contribution in [0.5, 0.6) is 0 Å². The third-order valence-electron chi connectivity index (χ3n) is 7.69. The predicted octanol–water partition coefficient (Wildman–Crippen LogP) is 9.13. The summed E-state index contributed by atoms with van der Waals surface area (Å²) in [6.07, 6.45) is 18.1. The number of ether oxygens (including phenoxy) is 1. The van der Waals surface area contributed by atoms with Crippen molar-refractivity contribution < 1.29 is 13.5 Å². The Morgan fingerprint density at radius 3 is 2.00 bits per heavy atom. The molecular weight excluding hydrogens is 390 g/mol. The van der Waals surface area contributed by atoms with Crippen LogP contribution in [-0.2, 0) is 4.74 Å². The van der Waals surface area contributed by atoms with Crippen LogP contribution in [-0.4, -0.2) is 12.7 Å². The van der Waals surface area contributed by atoms with Crippen LogP contribution in [0, 0.1) is 11.8 Å². The van der Waals surface area contributed by atoms with Gasteiger partial charge in [0.25, 0.3) is 6.08 Å². The number of halogens is 2. The van der Waals surface area contributed by atoms with Gasteiger partial charge in [-0.2, -0.15) is 8.78 Å². The van der Waals surface area contributed by atoms with Gasteiger partial charge >= 0.3 is 0 Å². The van der Waals surface area contributed by atoms with Gasteiger partial charge in [-0.1, -0.05) is 63.3 Å². The molecule has 0 unspecified atom stereocenters. The van der Waals surface area contributed by atoms with Crippen molar-refractivity contribution in [1.29, 1.82) is 0 Å². The SMILES string of the molecule is CCCCCCCCOC1CCC(C2CCC(c3ccc(C=C(F)F)cc3)CC2)CC1. The van der Waals surface area contributed by atoms with Gasteiger partial charge in [-0.15, -0.1) is 0 Å². The zero-order valence-electron chi connectivity index (χ0n) is 19.5. The Kier molecular flexibility index (Phi) is 10.5. The molecule has 0 aromatic heterocycles. The largest absolute Gasteiger partial charge is 0.378 e. The lowest BCUT2D eigenvalue weighted by Crippen LogP contribution is -2.28. The van der Waals surface area contributed by atoms with Gasteiger partial charge in [-0.3, -0.25) is 0 Å². The fourth-order valence-electron chi connectivity index (χ4n) is 5.77. The first-order chi connectivity index (χ1) is 15.2. The second-order valence-electron chi connectivity index (χ2n) is 9.89. The molecule has 0 bridgehead atoms. The summed E-state index contributed by atoms with van der Waals surface area (Å²) in [7, 11) is 0. The molecule has 0 amide bonds. The number of hydrogen-bond acceptors (Lipinski definition) is 1. The molecule has 174 valence electrons. The van der Waals surface area contributed by atoms with E-state index in [9.17, 15) is 8.78 Å². The van der Waals surface area contributed by atoms with E-state index >= 15 is 0 Å². The van der Waals surface area contributed by atoms with Crippen molar-refractivity contribution in [2.24, 2.45) is 11.8 Å². The molecule has 0 heterocycles. The minimum atomic E-state index is -1.63. The lowest BCUT2D eigenvalue weighted by atomic mass is 9.69. The maximum absolute atomic E-state index is 12.4. The number of benzene rings is 1. The van der Waals surface area contributed by atoms with Crippen molar-refractivity contribution in [3.63, 3.8) is 0 Å². The van der Waals surface area contributed by atoms with Crippen molar-refractivity contribution in [3.8, 4) is 0 Å². The lowest BCUT2D eigenvalue weighted by molar-refractivity contribution is 0.00624. The first-order valence-corrected chi connectivity index (χ1v) is 12.9. The Morgan fingerprint density at radius 2 is 1.39 bits per heavy atom. The summed E-state index contributed by atoms with van der Waals surface area (Å²) in [5, 5.41) is 0. The second-order valence-corrected chi connectivity index (χ2v) is 9.89. The standard InChI is InChI=1S/C28H42F2O/c1-2-3-4-5-6-7-20-31-27-18-16-26(17-19-27)25-14-12-24(13-15-25)23-10-8-22(9-11-23)21-28(29)30/h8-11,21,24-27H,2-7,12-20H2,1H3. The molecule has 0 radical (unpaired) electrons. The van der Waals surface area contributed by atoms with Crippen LogP contribution in [0.15, 0.2) is 30.3 Å². The van der Waals surface area contributed by atoms with Crippen LogP contribution >= 0.6 is 0 Å². The Bertz CT molecular complexity index is 633. The molecule has 2 aliphatic rings. The average molecular weight is 433 g/mol. The van der Waals surface area contributed by atoms with E-state index in [1.165, 1.54) is 95.5 Å². The van der Waals surface area contributed by atoms with E-state index < -0.39 is 6.08 Å². The van der Waals surface area contributed by atoms with Gasteiger partial charge in [0.15, 0.2) is 0 Å². The number of unbranched alkanes of at least 4 members (excludes halogenated alkanes) is 5. The van der Waals surface area contributed by atoms with Crippen LogP contribution in [0.1, 0.15) is 114 Å². The van der Waals surface area contributed by atoms with Crippen molar-refractivity contribution in [1.82, 2.24) is 0 Å². The molecule has 1 nitrogen and oxygen atoms in total. The molecule has 1 aromatic carbocycles. The lowest BCUT2D eigenvalue weighted by Gasteiger charge is -2.38. The van der Waals surface area contributed by atoms with E-state index in [-0.39, 0.29) is 0 Å². The molecule has 2 aliphatic carbocycles. The Morgan fingerprint density at radius 1 is 0.806 bits per heavy atom. The maximum atomic E-state index is 12.4. The zero-order valence-corrected chi connectivity index (χ0v) is 19.5. The maximum Gasteiger partial charge on any atom is 0.270 e. The van der Waals surface area contributed by atoms with Crippen LogP contribution < -0.4 is 0 Å².